The molecule has 0 radical (unpaired) electrons. The van der Waals surface area contributed by atoms with Gasteiger partial charge in [-0.2, -0.15) is 0 Å². The largest absolute Gasteiger partial charge is 0.481 e. The Balaban J connectivity index is 1.57. The molecule has 6 nitrogen and oxygen atoms in total. The summed E-state index contributed by atoms with van der Waals surface area (Å²) in [5.41, 5.74) is 0. The summed E-state index contributed by atoms with van der Waals surface area (Å²) >= 11 is 0. The van der Waals surface area contributed by atoms with E-state index in [0.29, 0.717) is 13.0 Å². The smallest absolute Gasteiger partial charge is 0.303 e. The van der Waals surface area contributed by atoms with Gasteiger partial charge in [0, 0.05) is 19.4 Å². The molecule has 0 saturated heterocycles. The lowest BCUT2D eigenvalue weighted by Gasteiger charge is -2.30. The first-order valence-corrected chi connectivity index (χ1v) is 12.9. The molecular weight excluding hydrogens is 404 g/mol. The van der Waals surface area contributed by atoms with Crippen LogP contribution in [0.1, 0.15) is 96.8 Å². The van der Waals surface area contributed by atoms with Gasteiger partial charge in [-0.05, 0) is 81.5 Å². The molecule has 0 aliphatic heterocycles. The number of aliphatic carboxylic acids is 1. The van der Waals surface area contributed by atoms with E-state index < -0.39 is 5.97 Å². The van der Waals surface area contributed by atoms with Crippen LogP contribution in [0.15, 0.2) is 12.2 Å². The van der Waals surface area contributed by atoms with Crippen molar-refractivity contribution in [1.82, 2.24) is 10.6 Å². The standard InChI is InChI=1S/C26H44N2O4/c1-2-3-6-13-24(29)28-19-25(30)27-17-10-9-12-23-21-16-15-20(18-21)22(23)11-7-4-5-8-14-26(31)32/h4,7,20-23H,2-3,5-6,8-19H2,1H3,(H,27,30)(H,28,29)(H,31,32)/t20-,21+,22-,23+/m0/s1. The van der Waals surface area contributed by atoms with Gasteiger partial charge in [0.2, 0.25) is 11.8 Å². The first kappa shape index (κ1) is 26.4. The Morgan fingerprint density at radius 2 is 1.66 bits per heavy atom. The summed E-state index contributed by atoms with van der Waals surface area (Å²) in [4.78, 5) is 34.2. The van der Waals surface area contributed by atoms with Gasteiger partial charge in [-0.25, -0.2) is 0 Å². The van der Waals surface area contributed by atoms with Crippen molar-refractivity contribution < 1.29 is 19.5 Å². The molecular formula is C26H44N2O4. The number of fused-ring (bicyclic) bond motifs is 2. The first-order valence-electron chi connectivity index (χ1n) is 12.9. The van der Waals surface area contributed by atoms with E-state index in [9.17, 15) is 14.4 Å². The van der Waals surface area contributed by atoms with Crippen molar-refractivity contribution in [2.75, 3.05) is 13.1 Å². The van der Waals surface area contributed by atoms with Gasteiger partial charge in [0.25, 0.3) is 0 Å². The first-order chi connectivity index (χ1) is 15.5. The highest BCUT2D eigenvalue weighted by Gasteiger charge is 2.45. The molecule has 2 rings (SSSR count). The fourth-order valence-corrected chi connectivity index (χ4v) is 5.69. The van der Waals surface area contributed by atoms with Gasteiger partial charge < -0.3 is 15.7 Å². The Morgan fingerprint density at radius 1 is 0.875 bits per heavy atom. The Bertz CT molecular complexity index is 619. The third-order valence-electron chi connectivity index (χ3n) is 7.35. The number of allylic oxidation sites excluding steroid dienone is 2. The average molecular weight is 449 g/mol. The fraction of sp³-hybridized carbons (Fsp3) is 0.808. The molecule has 0 heterocycles. The number of hydrogen-bond donors (Lipinski definition) is 3. The number of carboxylic acid groups (broad SMARTS) is 1. The SMILES string of the molecule is CCCCCC(=O)NCC(=O)NCCCC[C@@H]1[C@@H]2CC[C@@H](C2)[C@@H]1CC=CCCCC(=O)O. The summed E-state index contributed by atoms with van der Waals surface area (Å²) in [7, 11) is 0. The fourth-order valence-electron chi connectivity index (χ4n) is 5.69. The van der Waals surface area contributed by atoms with Crippen molar-refractivity contribution in [2.45, 2.75) is 96.8 Å². The second-order valence-corrected chi connectivity index (χ2v) is 9.73. The van der Waals surface area contributed by atoms with E-state index in [4.69, 9.17) is 5.11 Å². The Hall–Kier alpha value is -1.85. The molecule has 2 amide bonds. The maximum atomic E-state index is 11.9. The molecule has 0 aromatic rings. The topological polar surface area (TPSA) is 95.5 Å². The van der Waals surface area contributed by atoms with Gasteiger partial charge in [0.1, 0.15) is 0 Å². The van der Waals surface area contributed by atoms with Crippen molar-refractivity contribution in [3.8, 4) is 0 Å². The van der Waals surface area contributed by atoms with E-state index >= 15 is 0 Å². The van der Waals surface area contributed by atoms with E-state index in [0.717, 1.165) is 75.0 Å². The van der Waals surface area contributed by atoms with Crippen LogP contribution in [0.2, 0.25) is 0 Å². The number of hydrogen-bond acceptors (Lipinski definition) is 3. The van der Waals surface area contributed by atoms with Crippen LogP contribution in [0, 0.1) is 23.7 Å². The van der Waals surface area contributed by atoms with E-state index in [1.165, 1.54) is 25.7 Å². The number of carboxylic acids is 1. The molecule has 0 unspecified atom stereocenters. The van der Waals surface area contributed by atoms with Gasteiger partial charge in [-0.15, -0.1) is 0 Å². The van der Waals surface area contributed by atoms with E-state index in [-0.39, 0.29) is 24.8 Å². The summed E-state index contributed by atoms with van der Waals surface area (Å²) in [6, 6.07) is 0. The highest BCUT2D eigenvalue weighted by Crippen LogP contribution is 2.55. The zero-order valence-corrected chi connectivity index (χ0v) is 19.9. The molecule has 2 fully saturated rings. The lowest BCUT2D eigenvalue weighted by Crippen LogP contribution is -2.37. The summed E-state index contributed by atoms with van der Waals surface area (Å²) in [6.07, 6.45) is 18.4. The quantitative estimate of drug-likeness (QED) is 0.219. The summed E-state index contributed by atoms with van der Waals surface area (Å²) in [5.74, 6) is 2.48. The lowest BCUT2D eigenvalue weighted by atomic mass is 9.75. The molecule has 4 atom stereocenters. The second kappa shape index (κ2) is 15.1. The van der Waals surface area contributed by atoms with Crippen LogP contribution in [0.4, 0.5) is 0 Å². The van der Waals surface area contributed by atoms with E-state index in [2.05, 4.69) is 29.7 Å². The number of nitrogens with one attached hydrogen (secondary N) is 2. The Labute approximate surface area is 194 Å². The third kappa shape index (κ3) is 9.74. The monoisotopic (exact) mass is 448 g/mol. The molecule has 2 aliphatic rings. The van der Waals surface area contributed by atoms with Crippen molar-refractivity contribution in [2.24, 2.45) is 23.7 Å². The van der Waals surface area contributed by atoms with Crippen LogP contribution >= 0.6 is 0 Å². The van der Waals surface area contributed by atoms with Gasteiger partial charge in [-0.1, -0.05) is 38.3 Å². The van der Waals surface area contributed by atoms with Crippen molar-refractivity contribution in [1.29, 1.82) is 0 Å². The average Bonchev–Trinajstić information content (AvgIpc) is 3.36. The summed E-state index contributed by atoms with van der Waals surface area (Å²) in [5, 5.41) is 14.4. The number of rotatable bonds is 17. The normalized spacial score (nSPS) is 24.2. The van der Waals surface area contributed by atoms with Gasteiger partial charge in [0.05, 0.1) is 6.54 Å². The maximum absolute atomic E-state index is 11.9. The van der Waals surface area contributed by atoms with Crippen LogP contribution in [-0.2, 0) is 14.4 Å². The Morgan fingerprint density at radius 3 is 2.41 bits per heavy atom. The highest BCUT2D eigenvalue weighted by molar-refractivity contribution is 5.84. The zero-order chi connectivity index (χ0) is 23.2. The molecule has 2 aliphatic carbocycles. The molecule has 2 bridgehead atoms. The van der Waals surface area contributed by atoms with E-state index in [1.807, 2.05) is 0 Å². The van der Waals surface area contributed by atoms with Crippen LogP contribution < -0.4 is 10.6 Å². The minimum Gasteiger partial charge on any atom is -0.481 e. The van der Waals surface area contributed by atoms with Crippen LogP contribution in [0.5, 0.6) is 0 Å². The van der Waals surface area contributed by atoms with Gasteiger partial charge in [0.15, 0.2) is 0 Å². The molecule has 32 heavy (non-hydrogen) atoms. The molecule has 3 N–H and O–H groups in total. The number of carbonyl (C=O) groups is 3. The van der Waals surface area contributed by atoms with Crippen molar-refractivity contribution in [3.63, 3.8) is 0 Å². The van der Waals surface area contributed by atoms with Crippen LogP contribution in [0.25, 0.3) is 0 Å². The van der Waals surface area contributed by atoms with Gasteiger partial charge in [-0.3, -0.25) is 14.4 Å². The van der Waals surface area contributed by atoms with Gasteiger partial charge >= 0.3 is 5.97 Å². The molecule has 6 heteroatoms. The Kier molecular flexibility index (Phi) is 12.4. The van der Waals surface area contributed by atoms with E-state index in [1.54, 1.807) is 0 Å². The molecule has 0 aromatic heterocycles. The number of amides is 2. The molecule has 182 valence electrons. The predicted molar refractivity (Wildman–Crippen MR) is 127 cm³/mol. The van der Waals surface area contributed by atoms with Crippen LogP contribution in [-0.4, -0.2) is 36.0 Å². The maximum Gasteiger partial charge on any atom is 0.303 e. The minimum atomic E-state index is -0.713. The molecule has 0 aromatic carbocycles. The molecule has 0 spiro atoms. The summed E-state index contributed by atoms with van der Waals surface area (Å²) in [6.45, 7) is 2.87. The predicted octanol–water partition coefficient (Wildman–Crippen LogP) is 4.83. The lowest BCUT2D eigenvalue weighted by molar-refractivity contribution is -0.137. The third-order valence-corrected chi connectivity index (χ3v) is 7.35. The van der Waals surface area contributed by atoms with Crippen molar-refractivity contribution in [3.05, 3.63) is 12.2 Å². The van der Waals surface area contributed by atoms with Crippen molar-refractivity contribution >= 4 is 17.8 Å². The molecule has 2 saturated carbocycles. The minimum absolute atomic E-state index is 0.0353. The summed E-state index contributed by atoms with van der Waals surface area (Å²) < 4.78 is 0. The number of unbranched alkanes of at least 4 members (excludes halogenated alkanes) is 4. The van der Waals surface area contributed by atoms with Crippen LogP contribution in [0.3, 0.4) is 0 Å². The number of carbonyl (C=O) groups excluding carboxylic acids is 2. The highest BCUT2D eigenvalue weighted by atomic mass is 16.4. The second-order valence-electron chi connectivity index (χ2n) is 9.73. The zero-order valence-electron chi connectivity index (χ0n) is 19.9.